The first-order chi connectivity index (χ1) is 10.8. The molecule has 1 saturated heterocycles. The van der Waals surface area contributed by atoms with Crippen molar-refractivity contribution in [2.45, 2.75) is 26.1 Å². The third-order valence-electron chi connectivity index (χ3n) is 3.13. The van der Waals surface area contributed by atoms with Crippen molar-refractivity contribution >= 4 is 11.9 Å². The summed E-state index contributed by atoms with van der Waals surface area (Å²) in [6, 6.07) is 5.96. The number of hydrogen-bond acceptors (Lipinski definition) is 5. The predicted octanol–water partition coefficient (Wildman–Crippen LogP) is 1.95. The van der Waals surface area contributed by atoms with Gasteiger partial charge in [0.05, 0.1) is 19.7 Å². The fraction of sp³-hybridized carbons (Fsp3) is 0.375. The average Bonchev–Trinajstić information content (AvgIpc) is 2.74. The Hall–Kier alpha value is -2.41. The Kier molecular flexibility index (Phi) is 5.00. The molecule has 1 heterocycles. The van der Waals surface area contributed by atoms with Crippen molar-refractivity contribution in [3.63, 3.8) is 0 Å². The first-order valence-electron chi connectivity index (χ1n) is 7.05. The quantitative estimate of drug-likeness (QED) is 0.471. The Morgan fingerprint density at radius 1 is 1.30 bits per heavy atom. The highest BCUT2D eigenvalue weighted by atomic mass is 19.1. The average molecular weight is 323 g/mol. The maximum Gasteiger partial charge on any atom is 0.377 e. The van der Waals surface area contributed by atoms with Crippen LogP contribution in [-0.4, -0.2) is 36.4 Å². The van der Waals surface area contributed by atoms with Crippen LogP contribution in [0, 0.1) is 5.82 Å². The molecule has 1 aliphatic rings. The van der Waals surface area contributed by atoms with E-state index in [1.165, 1.54) is 19.2 Å². The summed E-state index contributed by atoms with van der Waals surface area (Å²) in [6.07, 6.45) is 1.51. The standard InChI is InChI=1S/C16H18FNO5/c1-16(2)22-13(15(20)23-16)10-14(19)18(21-3)9-8-11-4-6-12(17)7-5-11/h4-7,10H,8-9H2,1-3H3. The molecule has 0 N–H and O–H groups in total. The van der Waals surface area contributed by atoms with Crippen molar-refractivity contribution in [3.05, 3.63) is 47.5 Å². The number of hydrogen-bond donors (Lipinski definition) is 0. The van der Waals surface area contributed by atoms with Crippen LogP contribution in [0.25, 0.3) is 0 Å². The molecule has 0 aromatic heterocycles. The minimum Gasteiger partial charge on any atom is -0.445 e. The van der Waals surface area contributed by atoms with E-state index < -0.39 is 17.7 Å². The second-order valence-corrected chi connectivity index (χ2v) is 5.40. The summed E-state index contributed by atoms with van der Waals surface area (Å²) in [5.74, 6) is -2.81. The van der Waals surface area contributed by atoms with E-state index in [0.717, 1.165) is 16.7 Å². The van der Waals surface area contributed by atoms with E-state index in [1.807, 2.05) is 0 Å². The fourth-order valence-electron chi connectivity index (χ4n) is 2.05. The van der Waals surface area contributed by atoms with E-state index in [2.05, 4.69) is 0 Å². The molecule has 1 fully saturated rings. The fourth-order valence-corrected chi connectivity index (χ4v) is 2.05. The number of amides is 1. The molecule has 0 radical (unpaired) electrons. The first-order valence-corrected chi connectivity index (χ1v) is 7.05. The van der Waals surface area contributed by atoms with E-state index >= 15 is 0 Å². The number of benzene rings is 1. The molecule has 0 bridgehead atoms. The number of cyclic esters (lactones) is 1. The molecule has 0 saturated carbocycles. The van der Waals surface area contributed by atoms with Crippen LogP contribution in [0.3, 0.4) is 0 Å². The van der Waals surface area contributed by atoms with Gasteiger partial charge in [-0.1, -0.05) is 12.1 Å². The molecule has 0 unspecified atom stereocenters. The Labute approximate surface area is 133 Å². The second-order valence-electron chi connectivity index (χ2n) is 5.40. The molecule has 0 aliphatic carbocycles. The maximum absolute atomic E-state index is 12.9. The molecule has 0 spiro atoms. The highest BCUT2D eigenvalue weighted by molar-refractivity contribution is 5.97. The van der Waals surface area contributed by atoms with Gasteiger partial charge in [-0.25, -0.2) is 14.2 Å². The molecule has 1 aliphatic heterocycles. The van der Waals surface area contributed by atoms with Crippen molar-refractivity contribution in [3.8, 4) is 0 Å². The number of carbonyl (C=O) groups excluding carboxylic acids is 2. The minimum atomic E-state index is -1.09. The van der Waals surface area contributed by atoms with Crippen LogP contribution in [-0.2, 0) is 30.3 Å². The topological polar surface area (TPSA) is 65.1 Å². The van der Waals surface area contributed by atoms with Gasteiger partial charge in [-0.3, -0.25) is 9.63 Å². The molecule has 124 valence electrons. The van der Waals surface area contributed by atoms with Gasteiger partial charge < -0.3 is 9.47 Å². The molecule has 1 aromatic rings. The van der Waals surface area contributed by atoms with Crippen molar-refractivity contribution < 1.29 is 28.3 Å². The van der Waals surface area contributed by atoms with Crippen LogP contribution >= 0.6 is 0 Å². The van der Waals surface area contributed by atoms with E-state index in [4.69, 9.17) is 14.3 Å². The molecule has 6 nitrogen and oxygen atoms in total. The molecular weight excluding hydrogens is 305 g/mol. The third kappa shape index (κ3) is 4.53. The van der Waals surface area contributed by atoms with Gasteiger partial charge in [-0.2, -0.15) is 0 Å². The second kappa shape index (κ2) is 6.78. The molecule has 1 amide bonds. The van der Waals surface area contributed by atoms with Crippen LogP contribution in [0.4, 0.5) is 4.39 Å². The van der Waals surface area contributed by atoms with Crippen LogP contribution < -0.4 is 0 Å². The molecule has 1 aromatic carbocycles. The lowest BCUT2D eigenvalue weighted by Crippen LogP contribution is -2.31. The van der Waals surface area contributed by atoms with Crippen LogP contribution in [0.1, 0.15) is 19.4 Å². The molecular formula is C16H18FNO5. The van der Waals surface area contributed by atoms with Crippen molar-refractivity contribution in [2.75, 3.05) is 13.7 Å². The number of ether oxygens (including phenoxy) is 2. The van der Waals surface area contributed by atoms with Gasteiger partial charge in [-0.15, -0.1) is 0 Å². The van der Waals surface area contributed by atoms with Crippen LogP contribution in [0.15, 0.2) is 36.1 Å². The number of hydroxylamine groups is 2. The Balaban J connectivity index is 1.99. The van der Waals surface area contributed by atoms with Crippen molar-refractivity contribution in [2.24, 2.45) is 0 Å². The number of esters is 1. The van der Waals surface area contributed by atoms with Crippen molar-refractivity contribution in [1.82, 2.24) is 5.06 Å². The summed E-state index contributed by atoms with van der Waals surface area (Å²) >= 11 is 0. The third-order valence-corrected chi connectivity index (χ3v) is 3.13. The lowest BCUT2D eigenvalue weighted by molar-refractivity contribution is -0.170. The summed E-state index contributed by atoms with van der Waals surface area (Å²) < 4.78 is 23.0. The summed E-state index contributed by atoms with van der Waals surface area (Å²) in [5, 5.41) is 1.08. The molecule has 7 heteroatoms. The summed E-state index contributed by atoms with van der Waals surface area (Å²) in [7, 11) is 1.35. The van der Waals surface area contributed by atoms with Gasteiger partial charge in [0.1, 0.15) is 5.82 Å². The van der Waals surface area contributed by atoms with Crippen LogP contribution in [0.2, 0.25) is 0 Å². The Bertz CT molecular complexity index is 624. The lowest BCUT2D eigenvalue weighted by atomic mass is 10.1. The highest BCUT2D eigenvalue weighted by Gasteiger charge is 2.38. The molecule has 2 rings (SSSR count). The summed E-state index contributed by atoms with van der Waals surface area (Å²) in [6.45, 7) is 3.38. The van der Waals surface area contributed by atoms with Gasteiger partial charge in [0, 0.05) is 13.8 Å². The number of nitrogens with zero attached hydrogens (tertiary/aromatic N) is 1. The molecule has 23 heavy (non-hydrogen) atoms. The number of carbonyl (C=O) groups is 2. The minimum absolute atomic E-state index is 0.163. The first kappa shape index (κ1) is 17.0. The predicted molar refractivity (Wildman–Crippen MR) is 78.2 cm³/mol. The Morgan fingerprint density at radius 2 is 1.96 bits per heavy atom. The smallest absolute Gasteiger partial charge is 0.377 e. The van der Waals surface area contributed by atoms with Gasteiger partial charge in [0.15, 0.2) is 0 Å². The van der Waals surface area contributed by atoms with E-state index in [-0.39, 0.29) is 18.1 Å². The lowest BCUT2D eigenvalue weighted by Gasteiger charge is -2.18. The van der Waals surface area contributed by atoms with E-state index in [9.17, 15) is 14.0 Å². The zero-order chi connectivity index (χ0) is 17.0. The van der Waals surface area contributed by atoms with Gasteiger partial charge in [-0.05, 0) is 24.1 Å². The number of halogens is 1. The van der Waals surface area contributed by atoms with Gasteiger partial charge in [0.25, 0.3) is 5.91 Å². The zero-order valence-electron chi connectivity index (χ0n) is 13.2. The van der Waals surface area contributed by atoms with Crippen molar-refractivity contribution in [1.29, 1.82) is 0 Å². The van der Waals surface area contributed by atoms with E-state index in [0.29, 0.717) is 6.42 Å². The monoisotopic (exact) mass is 323 g/mol. The van der Waals surface area contributed by atoms with Gasteiger partial charge in [0.2, 0.25) is 11.5 Å². The largest absolute Gasteiger partial charge is 0.445 e. The zero-order valence-corrected chi connectivity index (χ0v) is 13.2. The van der Waals surface area contributed by atoms with E-state index in [1.54, 1.807) is 26.0 Å². The summed E-state index contributed by atoms with van der Waals surface area (Å²) in [5.41, 5.74) is 0.853. The molecule has 0 atom stereocenters. The van der Waals surface area contributed by atoms with Gasteiger partial charge >= 0.3 is 5.97 Å². The summed E-state index contributed by atoms with van der Waals surface area (Å²) in [4.78, 5) is 28.7. The van der Waals surface area contributed by atoms with Crippen LogP contribution in [0.5, 0.6) is 0 Å². The number of rotatable bonds is 5. The Morgan fingerprint density at radius 3 is 2.48 bits per heavy atom. The maximum atomic E-state index is 12.9. The SMILES string of the molecule is CON(CCc1ccc(F)cc1)C(=O)C=C1OC(C)(C)OC1=O. The normalized spacial score (nSPS) is 17.7. The highest BCUT2D eigenvalue weighted by Crippen LogP contribution is 2.26.